The van der Waals surface area contributed by atoms with Crippen LogP contribution < -0.4 is 4.74 Å². The van der Waals surface area contributed by atoms with Crippen LogP contribution in [0.3, 0.4) is 0 Å². The number of aromatic nitrogens is 2. The molecule has 2 aromatic rings. The van der Waals surface area contributed by atoms with Gasteiger partial charge in [0.2, 0.25) is 0 Å². The van der Waals surface area contributed by atoms with Crippen LogP contribution in [-0.4, -0.2) is 22.0 Å². The van der Waals surface area contributed by atoms with Gasteiger partial charge in [-0.3, -0.25) is 4.68 Å². The SMILES string of the molecule is CCn1ncc(Br)c1C(C)(O)c1c(F)cccc1OC. The molecule has 0 bridgehead atoms. The number of nitrogens with zero attached hydrogens (tertiary/aromatic N) is 2. The highest BCUT2D eigenvalue weighted by molar-refractivity contribution is 9.10. The first kappa shape index (κ1) is 15.0. The van der Waals surface area contributed by atoms with Gasteiger partial charge in [0.15, 0.2) is 0 Å². The topological polar surface area (TPSA) is 47.3 Å². The van der Waals surface area contributed by atoms with E-state index < -0.39 is 11.4 Å². The van der Waals surface area contributed by atoms with Gasteiger partial charge in [0.25, 0.3) is 0 Å². The van der Waals surface area contributed by atoms with E-state index in [-0.39, 0.29) is 5.56 Å². The third-order valence-electron chi connectivity index (χ3n) is 3.24. The highest BCUT2D eigenvalue weighted by Crippen LogP contribution is 2.39. The van der Waals surface area contributed by atoms with Gasteiger partial charge in [0.1, 0.15) is 17.2 Å². The minimum Gasteiger partial charge on any atom is -0.496 e. The Labute approximate surface area is 125 Å². The van der Waals surface area contributed by atoms with E-state index >= 15 is 0 Å². The van der Waals surface area contributed by atoms with E-state index in [0.29, 0.717) is 22.5 Å². The maximum atomic E-state index is 14.2. The summed E-state index contributed by atoms with van der Waals surface area (Å²) in [5.41, 5.74) is -0.982. The molecule has 1 aromatic carbocycles. The fourth-order valence-corrected chi connectivity index (χ4v) is 3.03. The molecule has 0 saturated heterocycles. The van der Waals surface area contributed by atoms with Gasteiger partial charge < -0.3 is 9.84 Å². The zero-order valence-electron chi connectivity index (χ0n) is 11.5. The Bertz CT molecular complexity index is 626. The largest absolute Gasteiger partial charge is 0.496 e. The Kier molecular flexibility index (Phi) is 4.15. The molecule has 1 atom stereocenters. The van der Waals surface area contributed by atoms with Crippen molar-refractivity contribution in [3.8, 4) is 5.75 Å². The van der Waals surface area contributed by atoms with Crippen molar-refractivity contribution in [2.24, 2.45) is 0 Å². The lowest BCUT2D eigenvalue weighted by Crippen LogP contribution is -2.29. The first-order valence-corrected chi connectivity index (χ1v) is 6.99. The Balaban J connectivity index is 2.69. The number of aliphatic hydroxyl groups is 1. The van der Waals surface area contributed by atoms with Crippen LogP contribution in [-0.2, 0) is 12.1 Å². The highest BCUT2D eigenvalue weighted by Gasteiger charge is 2.37. The van der Waals surface area contributed by atoms with Crippen molar-refractivity contribution in [2.75, 3.05) is 7.11 Å². The van der Waals surface area contributed by atoms with Crippen molar-refractivity contribution in [1.29, 1.82) is 0 Å². The number of methoxy groups -OCH3 is 1. The summed E-state index contributed by atoms with van der Waals surface area (Å²) in [5.74, 6) is -0.226. The van der Waals surface area contributed by atoms with Crippen LogP contribution in [0.25, 0.3) is 0 Å². The summed E-state index contributed by atoms with van der Waals surface area (Å²) in [6, 6.07) is 4.46. The van der Waals surface area contributed by atoms with Gasteiger partial charge in [-0.2, -0.15) is 5.10 Å². The molecule has 0 aliphatic heterocycles. The van der Waals surface area contributed by atoms with Crippen LogP contribution in [0.1, 0.15) is 25.1 Å². The summed E-state index contributed by atoms with van der Waals surface area (Å²) >= 11 is 3.36. The molecule has 0 radical (unpaired) electrons. The average molecular weight is 343 g/mol. The van der Waals surface area contributed by atoms with E-state index in [2.05, 4.69) is 21.0 Å². The summed E-state index contributed by atoms with van der Waals surface area (Å²) < 4.78 is 21.6. The number of ether oxygens (including phenoxy) is 1. The zero-order valence-corrected chi connectivity index (χ0v) is 13.1. The van der Waals surface area contributed by atoms with Crippen molar-refractivity contribution in [2.45, 2.75) is 26.0 Å². The van der Waals surface area contributed by atoms with Crippen LogP contribution >= 0.6 is 15.9 Å². The third kappa shape index (κ3) is 2.33. The molecule has 0 aliphatic carbocycles. The van der Waals surface area contributed by atoms with Crippen LogP contribution in [0.4, 0.5) is 4.39 Å². The van der Waals surface area contributed by atoms with Crippen molar-refractivity contribution >= 4 is 15.9 Å². The van der Waals surface area contributed by atoms with E-state index in [1.54, 1.807) is 23.0 Å². The first-order valence-electron chi connectivity index (χ1n) is 6.20. The maximum absolute atomic E-state index is 14.2. The summed E-state index contributed by atoms with van der Waals surface area (Å²) in [6.45, 7) is 3.99. The monoisotopic (exact) mass is 342 g/mol. The van der Waals surface area contributed by atoms with Crippen LogP contribution in [0.2, 0.25) is 0 Å². The van der Waals surface area contributed by atoms with Gasteiger partial charge in [-0.05, 0) is 41.9 Å². The average Bonchev–Trinajstić information content (AvgIpc) is 2.79. The molecule has 1 heterocycles. The second-order valence-electron chi connectivity index (χ2n) is 4.55. The molecule has 0 saturated carbocycles. The fourth-order valence-electron chi connectivity index (χ4n) is 2.35. The molecule has 1 unspecified atom stereocenters. The molecule has 1 N–H and O–H groups in total. The molecular weight excluding hydrogens is 327 g/mol. The predicted molar refractivity (Wildman–Crippen MR) is 77.2 cm³/mol. The Morgan fingerprint density at radius 1 is 1.50 bits per heavy atom. The van der Waals surface area contributed by atoms with Crippen LogP contribution in [0.5, 0.6) is 5.75 Å². The number of rotatable bonds is 4. The number of hydrogen-bond donors (Lipinski definition) is 1. The molecule has 0 aliphatic rings. The van der Waals surface area contributed by atoms with Crippen molar-refractivity contribution in [3.05, 3.63) is 45.9 Å². The molecular formula is C14H16BrFN2O2. The van der Waals surface area contributed by atoms with E-state index in [9.17, 15) is 9.50 Å². The van der Waals surface area contributed by atoms with Gasteiger partial charge in [0, 0.05) is 6.54 Å². The fraction of sp³-hybridized carbons (Fsp3) is 0.357. The Morgan fingerprint density at radius 2 is 2.20 bits per heavy atom. The van der Waals surface area contributed by atoms with E-state index in [0.717, 1.165) is 0 Å². The number of aryl methyl sites for hydroxylation is 1. The normalized spacial score (nSPS) is 14.1. The molecule has 4 nitrogen and oxygen atoms in total. The van der Waals surface area contributed by atoms with Gasteiger partial charge in [0.05, 0.1) is 29.0 Å². The van der Waals surface area contributed by atoms with Crippen molar-refractivity contribution in [3.63, 3.8) is 0 Å². The quantitative estimate of drug-likeness (QED) is 0.928. The van der Waals surface area contributed by atoms with Gasteiger partial charge in [-0.1, -0.05) is 6.07 Å². The molecule has 2 rings (SSSR count). The minimum atomic E-state index is -1.57. The minimum absolute atomic E-state index is 0.0957. The van der Waals surface area contributed by atoms with Crippen LogP contribution in [0, 0.1) is 5.82 Å². The van der Waals surface area contributed by atoms with E-state index in [1.807, 2.05) is 6.92 Å². The van der Waals surface area contributed by atoms with Crippen molar-refractivity contribution in [1.82, 2.24) is 9.78 Å². The number of halogens is 2. The molecule has 6 heteroatoms. The van der Waals surface area contributed by atoms with E-state index in [1.165, 1.54) is 20.1 Å². The van der Waals surface area contributed by atoms with Gasteiger partial charge >= 0.3 is 0 Å². The Morgan fingerprint density at radius 3 is 2.80 bits per heavy atom. The lowest BCUT2D eigenvalue weighted by molar-refractivity contribution is 0.0837. The summed E-state index contributed by atoms with van der Waals surface area (Å²) in [5, 5.41) is 15.1. The maximum Gasteiger partial charge on any atom is 0.136 e. The lowest BCUT2D eigenvalue weighted by Gasteiger charge is -2.27. The van der Waals surface area contributed by atoms with E-state index in [4.69, 9.17) is 4.74 Å². The van der Waals surface area contributed by atoms with Crippen LogP contribution in [0.15, 0.2) is 28.9 Å². The van der Waals surface area contributed by atoms with Gasteiger partial charge in [-0.15, -0.1) is 0 Å². The summed E-state index contributed by atoms with van der Waals surface area (Å²) in [4.78, 5) is 0. The second kappa shape index (κ2) is 5.54. The second-order valence-corrected chi connectivity index (χ2v) is 5.40. The summed E-state index contributed by atoms with van der Waals surface area (Å²) in [6.07, 6.45) is 1.58. The lowest BCUT2D eigenvalue weighted by atomic mass is 9.91. The molecule has 0 amide bonds. The Hall–Kier alpha value is -1.40. The molecule has 0 spiro atoms. The number of benzene rings is 1. The molecule has 108 valence electrons. The molecule has 1 aromatic heterocycles. The third-order valence-corrected chi connectivity index (χ3v) is 3.82. The zero-order chi connectivity index (χ0) is 14.9. The predicted octanol–water partition coefficient (Wildman–Crippen LogP) is 3.07. The van der Waals surface area contributed by atoms with Crippen molar-refractivity contribution < 1.29 is 14.2 Å². The van der Waals surface area contributed by atoms with Gasteiger partial charge in [-0.25, -0.2) is 4.39 Å². The number of hydrogen-bond acceptors (Lipinski definition) is 3. The standard InChI is InChI=1S/C14H16BrFN2O2/c1-4-18-13(9(15)8-17-18)14(2,19)12-10(16)6-5-7-11(12)20-3/h5-8,19H,4H2,1-3H3. The smallest absolute Gasteiger partial charge is 0.136 e. The summed E-state index contributed by atoms with van der Waals surface area (Å²) in [7, 11) is 1.44. The highest BCUT2D eigenvalue weighted by atomic mass is 79.9. The molecule has 0 fully saturated rings. The first-order chi connectivity index (χ1) is 9.43. The molecule has 20 heavy (non-hydrogen) atoms.